The molecule has 1 aliphatic carbocycles. The lowest BCUT2D eigenvalue weighted by atomic mass is 9.73. The average molecular weight is 477 g/mol. The molecule has 35 heavy (non-hydrogen) atoms. The summed E-state index contributed by atoms with van der Waals surface area (Å²) in [4.78, 5) is 17.2. The van der Waals surface area contributed by atoms with Crippen molar-refractivity contribution in [1.29, 1.82) is 0 Å². The van der Waals surface area contributed by atoms with Crippen LogP contribution in [0.3, 0.4) is 0 Å². The molecule has 3 aromatic rings. The predicted octanol–water partition coefficient (Wildman–Crippen LogP) is 5.12. The topological polar surface area (TPSA) is 75.4 Å². The van der Waals surface area contributed by atoms with Gasteiger partial charge in [0.2, 0.25) is 0 Å². The highest BCUT2D eigenvalue weighted by atomic mass is 16.6. The fourth-order valence-electron chi connectivity index (χ4n) is 4.81. The first-order valence-corrected chi connectivity index (χ1v) is 12.6. The Labute approximate surface area is 208 Å². The SMILES string of the molecule is Cc1ccc(COC(=O)[N+](C)(C)CCc2cnc([C@]([O-])(c3ccccc3)C3CCCCC3)o2)cc1. The predicted molar refractivity (Wildman–Crippen MR) is 132 cm³/mol. The van der Waals surface area contributed by atoms with Crippen LogP contribution in [-0.4, -0.2) is 36.2 Å². The van der Waals surface area contributed by atoms with Crippen LogP contribution in [0.1, 0.15) is 60.4 Å². The van der Waals surface area contributed by atoms with Crippen molar-refractivity contribution in [2.45, 2.75) is 57.7 Å². The number of quaternary nitrogens is 1. The molecule has 186 valence electrons. The van der Waals surface area contributed by atoms with Crippen LogP contribution in [0.2, 0.25) is 0 Å². The van der Waals surface area contributed by atoms with E-state index in [-0.39, 0.29) is 29.0 Å². The Morgan fingerprint density at radius 3 is 2.46 bits per heavy atom. The van der Waals surface area contributed by atoms with E-state index in [1.54, 1.807) is 6.20 Å². The Balaban J connectivity index is 1.43. The normalized spacial score (nSPS) is 16.6. The van der Waals surface area contributed by atoms with Gasteiger partial charge in [0.1, 0.15) is 12.4 Å². The number of carbonyl (C=O) groups is 1. The molecular weight excluding hydrogens is 440 g/mol. The third-order valence-corrected chi connectivity index (χ3v) is 7.15. The minimum atomic E-state index is -1.50. The van der Waals surface area contributed by atoms with Crippen LogP contribution in [0.25, 0.3) is 0 Å². The molecule has 1 aliphatic rings. The summed E-state index contributed by atoms with van der Waals surface area (Å²) in [7, 11) is 3.64. The Bertz CT molecular complexity index is 1100. The third kappa shape index (κ3) is 5.82. The summed E-state index contributed by atoms with van der Waals surface area (Å²) in [6.45, 7) is 2.74. The van der Waals surface area contributed by atoms with Gasteiger partial charge in [-0.3, -0.25) is 0 Å². The molecule has 1 aromatic heterocycles. The molecule has 0 bridgehead atoms. The van der Waals surface area contributed by atoms with E-state index in [0.717, 1.165) is 31.2 Å². The lowest BCUT2D eigenvalue weighted by molar-refractivity contribution is -0.817. The second-order valence-corrected chi connectivity index (χ2v) is 10.3. The van der Waals surface area contributed by atoms with Gasteiger partial charge in [0, 0.05) is 0 Å². The minimum Gasteiger partial charge on any atom is -0.839 e. The van der Waals surface area contributed by atoms with Crippen molar-refractivity contribution in [3.8, 4) is 0 Å². The summed E-state index contributed by atoms with van der Waals surface area (Å²) in [6.07, 6.45) is 6.87. The molecule has 2 aromatic carbocycles. The molecule has 0 radical (unpaired) electrons. The first kappa shape index (κ1) is 25.1. The van der Waals surface area contributed by atoms with Gasteiger partial charge in [0.15, 0.2) is 5.89 Å². The van der Waals surface area contributed by atoms with E-state index in [2.05, 4.69) is 4.98 Å². The fourth-order valence-corrected chi connectivity index (χ4v) is 4.81. The van der Waals surface area contributed by atoms with Crippen molar-refractivity contribution in [2.75, 3.05) is 20.6 Å². The third-order valence-electron chi connectivity index (χ3n) is 7.15. The number of oxazole rings is 1. The van der Waals surface area contributed by atoms with Crippen molar-refractivity contribution in [3.05, 3.63) is 89.1 Å². The molecule has 0 N–H and O–H groups in total. The number of hydrogen-bond acceptors (Lipinski definition) is 5. The first-order valence-electron chi connectivity index (χ1n) is 12.6. The number of aromatic nitrogens is 1. The largest absolute Gasteiger partial charge is 0.839 e. The van der Waals surface area contributed by atoms with E-state index in [1.165, 1.54) is 12.0 Å². The van der Waals surface area contributed by atoms with Crippen LogP contribution in [0.15, 0.2) is 65.2 Å². The molecule has 0 aliphatic heterocycles. The minimum absolute atomic E-state index is 0.0471. The monoisotopic (exact) mass is 476 g/mol. The number of rotatable bonds is 8. The molecule has 1 heterocycles. The van der Waals surface area contributed by atoms with Crippen LogP contribution >= 0.6 is 0 Å². The van der Waals surface area contributed by atoms with Crippen molar-refractivity contribution in [1.82, 2.24) is 4.98 Å². The van der Waals surface area contributed by atoms with Crippen molar-refractivity contribution >= 4 is 6.09 Å². The number of benzene rings is 2. The zero-order valence-electron chi connectivity index (χ0n) is 21.0. The van der Waals surface area contributed by atoms with E-state index in [1.807, 2.05) is 75.6 Å². The van der Waals surface area contributed by atoms with Gasteiger partial charge in [0.05, 0.1) is 33.3 Å². The second kappa shape index (κ2) is 10.8. The maximum absolute atomic E-state index is 14.4. The maximum atomic E-state index is 14.4. The van der Waals surface area contributed by atoms with Gasteiger partial charge in [0.25, 0.3) is 0 Å². The van der Waals surface area contributed by atoms with E-state index >= 15 is 0 Å². The van der Waals surface area contributed by atoms with Gasteiger partial charge in [-0.15, -0.1) is 0 Å². The summed E-state index contributed by atoms with van der Waals surface area (Å²) in [5, 5.41) is 14.4. The van der Waals surface area contributed by atoms with Crippen molar-refractivity contribution < 1.29 is 23.5 Å². The summed E-state index contributed by atoms with van der Waals surface area (Å²) < 4.78 is 11.7. The quantitative estimate of drug-likeness (QED) is 0.422. The highest BCUT2D eigenvalue weighted by molar-refractivity contribution is 5.59. The molecular formula is C29H36N2O4. The lowest BCUT2D eigenvalue weighted by Gasteiger charge is -2.46. The molecule has 0 unspecified atom stereocenters. The number of aryl methyl sites for hydroxylation is 1. The Hall–Kier alpha value is -2.96. The summed E-state index contributed by atoms with van der Waals surface area (Å²) in [5.74, 6) is 0.802. The summed E-state index contributed by atoms with van der Waals surface area (Å²) >= 11 is 0. The Kier molecular flexibility index (Phi) is 7.72. The van der Waals surface area contributed by atoms with Crippen LogP contribution in [0.4, 0.5) is 4.79 Å². The molecule has 6 heteroatoms. The highest BCUT2D eigenvalue weighted by Crippen LogP contribution is 2.41. The molecule has 1 fully saturated rings. The standard InChI is InChI=1S/C29H36N2O4/c1-22-14-16-23(17-15-22)21-34-28(32)31(2,3)19-18-26-20-30-27(35-26)29(33,24-10-6-4-7-11-24)25-12-8-5-9-13-25/h4,6-7,10-11,14-17,20,25H,5,8-9,12-13,18-19,21H2,1-3H3/t29-/m0/s1. The van der Waals surface area contributed by atoms with Crippen LogP contribution in [0, 0.1) is 12.8 Å². The van der Waals surface area contributed by atoms with E-state index < -0.39 is 5.60 Å². The fraction of sp³-hybridized carbons (Fsp3) is 0.448. The van der Waals surface area contributed by atoms with Gasteiger partial charge in [-0.25, -0.2) is 9.47 Å². The van der Waals surface area contributed by atoms with Crippen LogP contribution < -0.4 is 5.11 Å². The number of carbonyl (C=O) groups excluding carboxylic acids is 1. The zero-order chi connectivity index (χ0) is 24.9. The molecule has 0 saturated heterocycles. The maximum Gasteiger partial charge on any atom is 0.515 e. The smallest absolute Gasteiger partial charge is 0.515 e. The molecule has 4 rings (SSSR count). The number of amides is 1. The Morgan fingerprint density at radius 1 is 1.09 bits per heavy atom. The molecule has 0 spiro atoms. The first-order chi connectivity index (χ1) is 16.8. The number of nitrogens with zero attached hydrogens (tertiary/aromatic N) is 2. The lowest BCUT2D eigenvalue weighted by Crippen LogP contribution is -2.49. The second-order valence-electron chi connectivity index (χ2n) is 10.3. The van der Waals surface area contributed by atoms with Crippen LogP contribution in [-0.2, 0) is 23.4 Å². The highest BCUT2D eigenvalue weighted by Gasteiger charge is 2.36. The summed E-state index contributed by atoms with van der Waals surface area (Å²) in [5.41, 5.74) is 1.33. The zero-order valence-corrected chi connectivity index (χ0v) is 21.0. The Morgan fingerprint density at radius 2 is 1.77 bits per heavy atom. The number of ether oxygens (including phenoxy) is 1. The number of hydrogen-bond donors (Lipinski definition) is 0. The van der Waals surface area contributed by atoms with Crippen LogP contribution in [0.5, 0.6) is 0 Å². The average Bonchev–Trinajstić information content (AvgIpc) is 3.37. The van der Waals surface area contributed by atoms with Gasteiger partial charge >= 0.3 is 6.09 Å². The molecule has 1 amide bonds. The number of likely N-dealkylation sites (N-methyl/N-ethyl adjacent to an activating group) is 1. The van der Waals surface area contributed by atoms with Crippen molar-refractivity contribution in [2.24, 2.45) is 5.92 Å². The van der Waals surface area contributed by atoms with Gasteiger partial charge in [-0.2, -0.15) is 4.79 Å². The van der Waals surface area contributed by atoms with Gasteiger partial charge in [-0.05, 0) is 29.6 Å². The summed E-state index contributed by atoms with van der Waals surface area (Å²) in [6, 6.07) is 17.4. The van der Waals surface area contributed by atoms with E-state index in [9.17, 15) is 9.90 Å². The van der Waals surface area contributed by atoms with E-state index in [4.69, 9.17) is 9.15 Å². The van der Waals surface area contributed by atoms with E-state index in [0.29, 0.717) is 24.3 Å². The molecule has 1 saturated carbocycles. The van der Waals surface area contributed by atoms with Crippen molar-refractivity contribution in [3.63, 3.8) is 0 Å². The molecule has 1 atom stereocenters. The molecule has 6 nitrogen and oxygen atoms in total. The van der Waals surface area contributed by atoms with Gasteiger partial charge < -0.3 is 14.3 Å². The van der Waals surface area contributed by atoms with Gasteiger partial charge in [-0.1, -0.05) is 92.3 Å².